The van der Waals surface area contributed by atoms with Crippen molar-refractivity contribution in [3.63, 3.8) is 0 Å². The summed E-state index contributed by atoms with van der Waals surface area (Å²) in [5.41, 5.74) is 0.787. The van der Waals surface area contributed by atoms with E-state index in [0.717, 1.165) is 18.5 Å². The fourth-order valence-electron chi connectivity index (χ4n) is 2.74. The van der Waals surface area contributed by atoms with Crippen LogP contribution in [-0.2, 0) is 16.0 Å². The van der Waals surface area contributed by atoms with Crippen molar-refractivity contribution in [1.82, 2.24) is 10.3 Å². The number of thiophene rings is 1. The fourth-order valence-corrected chi connectivity index (χ4v) is 3.45. The molecule has 0 unspecified atom stereocenters. The third-order valence-electron chi connectivity index (χ3n) is 3.91. The lowest BCUT2D eigenvalue weighted by Gasteiger charge is -2.32. The topological polar surface area (TPSA) is 62.3 Å². The zero-order chi connectivity index (χ0) is 16.1. The average Bonchev–Trinajstić information content (AvgIpc) is 3.09. The summed E-state index contributed by atoms with van der Waals surface area (Å²) in [5.74, 6) is -0.112. The Labute approximate surface area is 139 Å². The average molecular weight is 329 g/mol. The molecule has 0 spiro atoms. The van der Waals surface area contributed by atoms with Gasteiger partial charge in [-0.15, -0.1) is 11.3 Å². The van der Waals surface area contributed by atoms with Gasteiger partial charge < -0.3 is 10.2 Å². The Morgan fingerprint density at radius 1 is 1.39 bits per heavy atom. The summed E-state index contributed by atoms with van der Waals surface area (Å²) in [7, 11) is 0. The molecule has 2 amide bonds. The highest BCUT2D eigenvalue weighted by atomic mass is 32.1. The van der Waals surface area contributed by atoms with Gasteiger partial charge in [0.2, 0.25) is 11.8 Å². The number of anilines is 1. The molecular weight excluding hydrogens is 310 g/mol. The maximum atomic E-state index is 12.6. The number of nitrogens with one attached hydrogen (secondary N) is 1. The first-order valence-electron chi connectivity index (χ1n) is 7.77. The van der Waals surface area contributed by atoms with Gasteiger partial charge in [-0.3, -0.25) is 14.6 Å². The summed E-state index contributed by atoms with van der Waals surface area (Å²) >= 11 is 1.65. The van der Waals surface area contributed by atoms with Crippen molar-refractivity contribution >= 4 is 28.8 Å². The normalized spacial score (nSPS) is 18.0. The van der Waals surface area contributed by atoms with Crippen molar-refractivity contribution in [3.8, 4) is 0 Å². The molecule has 6 heteroatoms. The van der Waals surface area contributed by atoms with Gasteiger partial charge in [-0.05, 0) is 42.8 Å². The molecule has 1 aliphatic heterocycles. The van der Waals surface area contributed by atoms with E-state index < -0.39 is 6.04 Å². The molecule has 1 aliphatic rings. The Balaban J connectivity index is 1.57. The van der Waals surface area contributed by atoms with E-state index in [2.05, 4.69) is 10.3 Å². The number of hydrogen-bond acceptors (Lipinski definition) is 4. The molecule has 2 aromatic heterocycles. The molecule has 1 atom stereocenters. The van der Waals surface area contributed by atoms with E-state index >= 15 is 0 Å². The lowest BCUT2D eigenvalue weighted by Crippen LogP contribution is -2.52. The molecule has 0 aliphatic carbocycles. The zero-order valence-electron chi connectivity index (χ0n) is 12.8. The van der Waals surface area contributed by atoms with Crippen molar-refractivity contribution in [3.05, 3.63) is 46.9 Å². The largest absolute Gasteiger partial charge is 0.344 e. The number of hydrogen-bond donors (Lipinski definition) is 1. The van der Waals surface area contributed by atoms with Gasteiger partial charge in [-0.2, -0.15) is 0 Å². The highest BCUT2D eigenvalue weighted by Gasteiger charge is 2.30. The van der Waals surface area contributed by atoms with Crippen LogP contribution < -0.4 is 10.2 Å². The van der Waals surface area contributed by atoms with Crippen LogP contribution >= 0.6 is 11.3 Å². The predicted octanol–water partition coefficient (Wildman–Crippen LogP) is 2.39. The highest BCUT2D eigenvalue weighted by Crippen LogP contribution is 2.20. The van der Waals surface area contributed by atoms with Crippen molar-refractivity contribution in [2.24, 2.45) is 0 Å². The zero-order valence-corrected chi connectivity index (χ0v) is 13.6. The minimum atomic E-state index is -0.431. The van der Waals surface area contributed by atoms with Gasteiger partial charge in [-0.1, -0.05) is 6.07 Å². The molecule has 0 saturated carbocycles. The van der Waals surface area contributed by atoms with E-state index in [0.29, 0.717) is 19.4 Å². The molecule has 0 aromatic carbocycles. The third-order valence-corrected chi connectivity index (χ3v) is 4.85. The van der Waals surface area contributed by atoms with Gasteiger partial charge in [0, 0.05) is 24.0 Å². The number of rotatable bonds is 5. The first-order valence-corrected chi connectivity index (χ1v) is 8.65. The monoisotopic (exact) mass is 329 g/mol. The molecule has 120 valence electrons. The Bertz CT molecular complexity index is 658. The molecular formula is C17H19N3O2S. The molecule has 0 radical (unpaired) electrons. The second-order valence-corrected chi connectivity index (χ2v) is 6.58. The molecule has 3 rings (SSSR count). The summed E-state index contributed by atoms with van der Waals surface area (Å²) in [6, 6.07) is 7.25. The number of aromatic nitrogens is 1. The smallest absolute Gasteiger partial charge is 0.249 e. The Morgan fingerprint density at radius 3 is 3.04 bits per heavy atom. The summed E-state index contributed by atoms with van der Waals surface area (Å²) in [6.45, 7) is 0.673. The van der Waals surface area contributed by atoms with Gasteiger partial charge in [0.05, 0.1) is 11.9 Å². The van der Waals surface area contributed by atoms with E-state index in [1.807, 2.05) is 29.6 Å². The number of pyridine rings is 1. The molecule has 1 fully saturated rings. The maximum absolute atomic E-state index is 12.6. The summed E-state index contributed by atoms with van der Waals surface area (Å²) in [6.07, 6.45) is 6.06. The number of piperidine rings is 1. The van der Waals surface area contributed by atoms with Crippen LogP contribution in [0.25, 0.3) is 0 Å². The van der Waals surface area contributed by atoms with Gasteiger partial charge >= 0.3 is 0 Å². The molecule has 3 heterocycles. The Morgan fingerprint density at radius 2 is 2.30 bits per heavy atom. The summed E-state index contributed by atoms with van der Waals surface area (Å²) in [5, 5.41) is 4.89. The summed E-state index contributed by atoms with van der Waals surface area (Å²) < 4.78 is 0. The van der Waals surface area contributed by atoms with Gasteiger partial charge in [0.15, 0.2) is 0 Å². The van der Waals surface area contributed by atoms with Crippen molar-refractivity contribution < 1.29 is 9.59 Å². The third kappa shape index (κ3) is 3.96. The molecule has 5 nitrogen and oxygen atoms in total. The molecule has 2 aromatic rings. The number of carbonyl (C=O) groups is 2. The number of amides is 2. The summed E-state index contributed by atoms with van der Waals surface area (Å²) in [4.78, 5) is 31.6. The predicted molar refractivity (Wildman–Crippen MR) is 90.4 cm³/mol. The molecule has 1 saturated heterocycles. The van der Waals surface area contributed by atoms with E-state index in [1.54, 1.807) is 28.6 Å². The van der Waals surface area contributed by atoms with Crippen LogP contribution in [0.4, 0.5) is 5.69 Å². The van der Waals surface area contributed by atoms with Crippen LogP contribution in [0.3, 0.4) is 0 Å². The minimum Gasteiger partial charge on any atom is -0.344 e. The number of carbonyl (C=O) groups excluding carboxylic acids is 2. The minimum absolute atomic E-state index is 0.0475. The Hall–Kier alpha value is -2.21. The van der Waals surface area contributed by atoms with Crippen molar-refractivity contribution in [1.29, 1.82) is 0 Å². The van der Waals surface area contributed by atoms with E-state index in [9.17, 15) is 9.59 Å². The molecule has 1 N–H and O–H groups in total. The Kier molecular flexibility index (Phi) is 5.02. The van der Waals surface area contributed by atoms with Crippen LogP contribution in [0.5, 0.6) is 0 Å². The quantitative estimate of drug-likeness (QED) is 0.916. The second kappa shape index (κ2) is 7.37. The number of nitrogens with zero attached hydrogens (tertiary/aromatic N) is 2. The molecule has 23 heavy (non-hydrogen) atoms. The van der Waals surface area contributed by atoms with Crippen LogP contribution in [0.15, 0.2) is 42.0 Å². The standard InChI is InChI=1S/C17H19N3O2S/c21-16(8-7-14-5-3-11-23-14)19-15-6-2-10-20(17(15)22)13-4-1-9-18-12-13/h1,3-5,9,11-12,15H,2,6-8,10H2,(H,19,21)/t15-/m0/s1. The van der Waals surface area contributed by atoms with Crippen molar-refractivity contribution in [2.75, 3.05) is 11.4 Å². The van der Waals surface area contributed by atoms with Crippen LogP contribution in [-0.4, -0.2) is 29.4 Å². The SMILES string of the molecule is O=C(CCc1cccs1)N[C@H]1CCCN(c2cccnc2)C1=O. The maximum Gasteiger partial charge on any atom is 0.249 e. The van der Waals surface area contributed by atoms with Crippen molar-refractivity contribution in [2.45, 2.75) is 31.7 Å². The van der Waals surface area contributed by atoms with Crippen LogP contribution in [0, 0.1) is 0 Å². The first kappa shape index (κ1) is 15.7. The van der Waals surface area contributed by atoms with Gasteiger partial charge in [0.1, 0.15) is 6.04 Å². The first-order chi connectivity index (χ1) is 11.2. The van der Waals surface area contributed by atoms with Crippen LogP contribution in [0.2, 0.25) is 0 Å². The molecule has 0 bridgehead atoms. The highest BCUT2D eigenvalue weighted by molar-refractivity contribution is 7.09. The van der Waals surface area contributed by atoms with Gasteiger partial charge in [0.25, 0.3) is 0 Å². The van der Waals surface area contributed by atoms with E-state index in [4.69, 9.17) is 0 Å². The fraction of sp³-hybridized carbons (Fsp3) is 0.353. The lowest BCUT2D eigenvalue weighted by atomic mass is 10.0. The van der Waals surface area contributed by atoms with Gasteiger partial charge in [-0.25, -0.2) is 0 Å². The second-order valence-electron chi connectivity index (χ2n) is 5.54. The van der Waals surface area contributed by atoms with Crippen LogP contribution in [0.1, 0.15) is 24.1 Å². The van der Waals surface area contributed by atoms with E-state index in [-0.39, 0.29) is 11.8 Å². The number of aryl methyl sites for hydroxylation is 1. The lowest BCUT2D eigenvalue weighted by molar-refractivity contribution is -0.128. The van der Waals surface area contributed by atoms with E-state index in [1.165, 1.54) is 4.88 Å².